The van der Waals surface area contributed by atoms with Crippen molar-refractivity contribution in [3.05, 3.63) is 36.1 Å². The number of aliphatic hydroxyl groups excluding tert-OH is 1. The van der Waals surface area contributed by atoms with Crippen LogP contribution < -0.4 is 56.1 Å². The van der Waals surface area contributed by atoms with Crippen LogP contribution in [0.2, 0.25) is 0 Å². The normalized spacial score (nSPS) is 9.42. The van der Waals surface area contributed by atoms with Gasteiger partial charge in [0.15, 0.2) is 0 Å². The summed E-state index contributed by atoms with van der Waals surface area (Å²) in [6.07, 6.45) is 2.63. The Bertz CT molecular complexity index is 246. The summed E-state index contributed by atoms with van der Waals surface area (Å²) in [5.41, 5.74) is 0.952. The summed E-state index contributed by atoms with van der Waals surface area (Å²) in [4.78, 5) is 0. The van der Waals surface area contributed by atoms with Crippen molar-refractivity contribution in [2.24, 2.45) is 0 Å². The number of rotatable bonds is 2. The monoisotopic (exact) mass is 190 g/mol. The molecule has 0 spiro atoms. The van der Waals surface area contributed by atoms with Crippen molar-refractivity contribution < 1.29 is 62.7 Å². The van der Waals surface area contributed by atoms with E-state index in [1.165, 1.54) is 0 Å². The van der Waals surface area contributed by atoms with Crippen molar-refractivity contribution in [2.45, 2.75) is 0 Å². The third-order valence-electron chi connectivity index (χ3n) is 1.38. The minimum absolute atomic E-state index is 0. The minimum atomic E-state index is 0. The van der Waals surface area contributed by atoms with Crippen LogP contribution in [-0.2, 0) is 0 Å². The summed E-state index contributed by atoms with van der Waals surface area (Å²) >= 11 is 0. The summed E-state index contributed by atoms with van der Waals surface area (Å²) in [6.45, 7) is 0. The molecule has 0 unspecified atom stereocenters. The van der Waals surface area contributed by atoms with Crippen LogP contribution in [0.5, 0.6) is 5.75 Å². The SMILES string of the molecule is COc1ccc(C=CO)cc1.[H-].[K+]. The molecule has 12 heavy (non-hydrogen) atoms. The molecule has 60 valence electrons. The third kappa shape index (κ3) is 3.73. The molecule has 0 fully saturated rings. The van der Waals surface area contributed by atoms with Crippen molar-refractivity contribution in [2.75, 3.05) is 7.11 Å². The maximum atomic E-state index is 8.43. The molecule has 0 saturated heterocycles. The minimum Gasteiger partial charge on any atom is -1.00 e. The summed E-state index contributed by atoms with van der Waals surface area (Å²) < 4.78 is 4.96. The van der Waals surface area contributed by atoms with Gasteiger partial charge in [0.25, 0.3) is 0 Å². The van der Waals surface area contributed by atoms with Gasteiger partial charge in [0.1, 0.15) is 5.75 Å². The van der Waals surface area contributed by atoms with Gasteiger partial charge in [-0.15, -0.1) is 0 Å². The van der Waals surface area contributed by atoms with Crippen LogP contribution in [-0.4, -0.2) is 12.2 Å². The van der Waals surface area contributed by atoms with E-state index in [1.807, 2.05) is 24.3 Å². The number of methoxy groups -OCH3 is 1. The predicted molar refractivity (Wildman–Crippen MR) is 45.8 cm³/mol. The molecule has 2 nitrogen and oxygen atoms in total. The number of ether oxygens (including phenoxy) is 1. The van der Waals surface area contributed by atoms with Crippen LogP contribution in [0.1, 0.15) is 6.99 Å². The molecule has 0 bridgehead atoms. The number of hydrogen-bond donors (Lipinski definition) is 1. The van der Waals surface area contributed by atoms with E-state index in [0.717, 1.165) is 17.6 Å². The topological polar surface area (TPSA) is 29.5 Å². The maximum absolute atomic E-state index is 8.43. The summed E-state index contributed by atoms with van der Waals surface area (Å²) in [6, 6.07) is 7.42. The van der Waals surface area contributed by atoms with Crippen molar-refractivity contribution >= 4 is 6.08 Å². The first-order chi connectivity index (χ1) is 5.36. The van der Waals surface area contributed by atoms with Crippen LogP contribution >= 0.6 is 0 Å². The molecular formula is C9H11KO2. The summed E-state index contributed by atoms with van der Waals surface area (Å²) in [5.74, 6) is 0.820. The van der Waals surface area contributed by atoms with Gasteiger partial charge in [0.05, 0.1) is 13.4 Å². The van der Waals surface area contributed by atoms with Gasteiger partial charge < -0.3 is 11.3 Å². The molecule has 0 radical (unpaired) electrons. The molecule has 0 amide bonds. The van der Waals surface area contributed by atoms with E-state index < -0.39 is 0 Å². The van der Waals surface area contributed by atoms with Gasteiger partial charge in [-0.25, -0.2) is 0 Å². The van der Waals surface area contributed by atoms with Crippen LogP contribution in [0.4, 0.5) is 0 Å². The zero-order valence-electron chi connectivity index (χ0n) is 8.32. The maximum Gasteiger partial charge on any atom is 1.00 e. The molecule has 3 heteroatoms. The van der Waals surface area contributed by atoms with E-state index in [2.05, 4.69) is 0 Å². The molecule has 1 rings (SSSR count). The number of benzene rings is 1. The van der Waals surface area contributed by atoms with Gasteiger partial charge >= 0.3 is 51.4 Å². The molecule has 0 aliphatic heterocycles. The Hall–Kier alpha value is 0.196. The van der Waals surface area contributed by atoms with Crippen LogP contribution in [0.3, 0.4) is 0 Å². The molecule has 0 aliphatic rings. The van der Waals surface area contributed by atoms with Gasteiger partial charge in [-0.2, -0.15) is 0 Å². The van der Waals surface area contributed by atoms with Crippen molar-refractivity contribution in [3.8, 4) is 5.75 Å². The molecule has 1 aromatic rings. The molecule has 0 aromatic heterocycles. The van der Waals surface area contributed by atoms with Gasteiger partial charge in [-0.05, 0) is 23.8 Å². The Morgan fingerprint density at radius 2 is 1.92 bits per heavy atom. The largest absolute Gasteiger partial charge is 1.00 e. The second-order valence-corrected chi connectivity index (χ2v) is 2.09. The van der Waals surface area contributed by atoms with E-state index in [4.69, 9.17) is 9.84 Å². The fourth-order valence-corrected chi connectivity index (χ4v) is 0.801. The van der Waals surface area contributed by atoms with Gasteiger partial charge in [0, 0.05) is 0 Å². The number of aliphatic hydroxyl groups is 1. The standard InChI is InChI=1S/C9H10O2.K.H/c1-11-9-4-2-8(3-5-9)6-7-10;;/h2-7,10H,1H3;;/q;+1;-1. The van der Waals surface area contributed by atoms with Crippen LogP contribution in [0, 0.1) is 0 Å². The van der Waals surface area contributed by atoms with Gasteiger partial charge in [0.2, 0.25) is 0 Å². The predicted octanol–water partition coefficient (Wildman–Crippen LogP) is -0.660. The Morgan fingerprint density at radius 1 is 1.33 bits per heavy atom. The zero-order chi connectivity index (χ0) is 8.10. The van der Waals surface area contributed by atoms with E-state index in [-0.39, 0.29) is 52.8 Å². The van der Waals surface area contributed by atoms with E-state index >= 15 is 0 Å². The molecular weight excluding hydrogens is 179 g/mol. The Labute approximate surface area is 116 Å². The smallest absolute Gasteiger partial charge is 1.00 e. The van der Waals surface area contributed by atoms with E-state index in [0.29, 0.717) is 0 Å². The third-order valence-corrected chi connectivity index (χ3v) is 1.38. The molecule has 0 aliphatic carbocycles. The number of hydrogen-bond acceptors (Lipinski definition) is 2. The van der Waals surface area contributed by atoms with Crippen molar-refractivity contribution in [1.29, 1.82) is 0 Å². The molecule has 0 heterocycles. The van der Waals surface area contributed by atoms with Crippen molar-refractivity contribution in [1.82, 2.24) is 0 Å². The first-order valence-corrected chi connectivity index (χ1v) is 3.31. The van der Waals surface area contributed by atoms with Gasteiger partial charge in [-0.3, -0.25) is 0 Å². The second kappa shape index (κ2) is 6.68. The Kier molecular flexibility index (Phi) is 6.79. The van der Waals surface area contributed by atoms with E-state index in [9.17, 15) is 0 Å². The van der Waals surface area contributed by atoms with Crippen LogP contribution in [0.25, 0.3) is 6.08 Å². The molecule has 0 atom stereocenters. The molecule has 1 N–H and O–H groups in total. The fourth-order valence-electron chi connectivity index (χ4n) is 0.801. The second-order valence-electron chi connectivity index (χ2n) is 2.09. The first kappa shape index (κ1) is 12.2. The molecule has 0 saturated carbocycles. The fraction of sp³-hybridized carbons (Fsp3) is 0.111. The summed E-state index contributed by atoms with van der Waals surface area (Å²) in [7, 11) is 1.62. The first-order valence-electron chi connectivity index (χ1n) is 3.31. The Balaban J connectivity index is 0. The Morgan fingerprint density at radius 3 is 2.33 bits per heavy atom. The van der Waals surface area contributed by atoms with Crippen molar-refractivity contribution in [3.63, 3.8) is 0 Å². The average molecular weight is 190 g/mol. The molecule has 1 aromatic carbocycles. The van der Waals surface area contributed by atoms with Crippen LogP contribution in [0.15, 0.2) is 30.5 Å². The zero-order valence-corrected chi connectivity index (χ0v) is 10.4. The van der Waals surface area contributed by atoms with Gasteiger partial charge in [-0.1, -0.05) is 12.1 Å². The summed E-state index contributed by atoms with van der Waals surface area (Å²) in [5, 5.41) is 8.43. The van der Waals surface area contributed by atoms with E-state index in [1.54, 1.807) is 13.2 Å². The quantitative estimate of drug-likeness (QED) is 0.495. The average Bonchev–Trinajstić information content (AvgIpc) is 2.07.